The highest BCUT2D eigenvalue weighted by atomic mass is 16.2. The van der Waals surface area contributed by atoms with Gasteiger partial charge in [0.1, 0.15) is 0 Å². The fraction of sp³-hybridized carbons (Fsp3) is 0.781. The minimum Gasteiger partial charge on any atom is -0.356 e. The van der Waals surface area contributed by atoms with E-state index in [-0.39, 0.29) is 128 Å². The maximum Gasteiger partial charge on any atom is 0.243 e. The molecule has 88 heavy (non-hydrogen) atoms. The van der Waals surface area contributed by atoms with Gasteiger partial charge in [0, 0.05) is 150 Å². The number of anilines is 3. The van der Waals surface area contributed by atoms with Crippen molar-refractivity contribution in [3.8, 4) is 0 Å². The molecule has 0 unspecified atom stereocenters. The topological polar surface area (TPSA) is 310 Å². The quantitative estimate of drug-likeness (QED) is 0.0263. The maximum absolute atomic E-state index is 13.4. The first kappa shape index (κ1) is 77.5. The summed E-state index contributed by atoms with van der Waals surface area (Å²) in [5.74, 6) is -0.247. The Morgan fingerprint density at radius 1 is 0.432 bits per heavy atom. The van der Waals surface area contributed by atoms with E-state index >= 15 is 0 Å². The Bertz CT molecular complexity index is 2250. The first-order chi connectivity index (χ1) is 42.1. The van der Waals surface area contributed by atoms with Crippen LogP contribution in [0.4, 0.5) is 17.8 Å². The summed E-state index contributed by atoms with van der Waals surface area (Å²) in [5.41, 5.74) is 0.463. The van der Waals surface area contributed by atoms with Crippen LogP contribution in [0.1, 0.15) is 216 Å². The van der Waals surface area contributed by atoms with Crippen molar-refractivity contribution in [1.82, 2.24) is 62.4 Å². The second-order valence-electron chi connectivity index (χ2n) is 25.4. The number of hydrogen-bond donors (Lipinski definition) is 9. The Balaban J connectivity index is 2.15. The van der Waals surface area contributed by atoms with Crippen LogP contribution in [-0.4, -0.2) is 171 Å². The van der Waals surface area contributed by atoms with Crippen molar-refractivity contribution in [1.29, 1.82) is 0 Å². The van der Waals surface area contributed by atoms with E-state index in [1.807, 2.05) is 4.90 Å². The van der Waals surface area contributed by atoms with Crippen LogP contribution in [0.25, 0.3) is 0 Å². The van der Waals surface area contributed by atoms with E-state index in [2.05, 4.69) is 96.3 Å². The lowest BCUT2D eigenvalue weighted by atomic mass is 9.89. The van der Waals surface area contributed by atoms with E-state index in [0.717, 1.165) is 83.5 Å². The molecule has 0 atom stereocenters. The van der Waals surface area contributed by atoms with Gasteiger partial charge in [-0.15, -0.1) is 0 Å². The van der Waals surface area contributed by atoms with E-state index in [1.54, 1.807) is 22.8 Å². The number of aromatic nitrogens is 3. The number of nitrogens with zero attached hydrogens (tertiary/aromatic N) is 6. The molecule has 0 saturated carbocycles. The zero-order chi connectivity index (χ0) is 64.8. The molecule has 0 bridgehead atoms. The Hall–Kier alpha value is -6.62. The van der Waals surface area contributed by atoms with Crippen LogP contribution in [0.5, 0.6) is 0 Å². The van der Waals surface area contributed by atoms with Crippen molar-refractivity contribution in [2.45, 2.75) is 216 Å². The molecule has 0 aliphatic carbocycles. The molecule has 9 N–H and O–H groups in total. The predicted octanol–water partition coefficient (Wildman–Crippen LogP) is 6.11. The van der Waals surface area contributed by atoms with Crippen LogP contribution >= 0.6 is 0 Å². The molecule has 1 saturated heterocycles. The smallest absolute Gasteiger partial charge is 0.243 e. The molecule has 1 aromatic heterocycles. The van der Waals surface area contributed by atoms with Gasteiger partial charge >= 0.3 is 0 Å². The summed E-state index contributed by atoms with van der Waals surface area (Å²) in [4.78, 5) is 134. The van der Waals surface area contributed by atoms with Crippen LogP contribution in [0.3, 0.4) is 0 Å². The predicted molar refractivity (Wildman–Crippen MR) is 348 cm³/mol. The molecule has 1 aliphatic heterocycles. The number of rotatable bonds is 48. The summed E-state index contributed by atoms with van der Waals surface area (Å²) in [6.45, 7) is 22.6. The molecule has 24 nitrogen and oxygen atoms in total. The number of carbonyl (C=O) groups excluding carboxylic acids is 9. The average Bonchev–Trinajstić information content (AvgIpc) is 2.67. The minimum absolute atomic E-state index is 0.00553. The Kier molecular flexibility index (Phi) is 40.9. The van der Waals surface area contributed by atoms with Gasteiger partial charge in [0.15, 0.2) is 0 Å². The highest BCUT2D eigenvalue weighted by molar-refractivity contribution is 5.87. The third kappa shape index (κ3) is 41.5. The van der Waals surface area contributed by atoms with Gasteiger partial charge in [-0.3, -0.25) is 43.2 Å². The highest BCUT2D eigenvalue weighted by Gasteiger charge is 2.26. The second kappa shape index (κ2) is 46.5. The maximum atomic E-state index is 13.4. The van der Waals surface area contributed by atoms with E-state index in [0.29, 0.717) is 129 Å². The highest BCUT2D eigenvalue weighted by Crippen LogP contribution is 2.24. The Morgan fingerprint density at radius 3 is 1.28 bits per heavy atom. The van der Waals surface area contributed by atoms with E-state index in [1.165, 1.54) is 6.08 Å². The van der Waals surface area contributed by atoms with Crippen LogP contribution in [0.2, 0.25) is 0 Å². The molecule has 1 aliphatic rings. The number of allylic oxidation sites excluding steroid dienone is 1. The number of nitrogens with one attached hydrogen (secondary N) is 9. The third-order valence-corrected chi connectivity index (χ3v) is 14.7. The number of amides is 9. The van der Waals surface area contributed by atoms with Crippen LogP contribution in [0.15, 0.2) is 12.2 Å². The first-order valence-electron chi connectivity index (χ1n) is 33.1. The zero-order valence-corrected chi connectivity index (χ0v) is 55.3. The molecule has 500 valence electrons. The van der Waals surface area contributed by atoms with Gasteiger partial charge in [0.05, 0.1) is 0 Å². The van der Waals surface area contributed by atoms with Gasteiger partial charge in [-0.1, -0.05) is 93.1 Å². The molecular weight excluding hydrogens is 1120 g/mol. The first-order valence-corrected chi connectivity index (χ1v) is 33.1. The third-order valence-electron chi connectivity index (χ3n) is 14.7. The lowest BCUT2D eigenvalue weighted by molar-refractivity contribution is -0.132. The number of hydrogen-bond acceptors (Lipinski definition) is 15. The van der Waals surface area contributed by atoms with E-state index in [9.17, 15) is 43.2 Å². The largest absolute Gasteiger partial charge is 0.356 e. The lowest BCUT2D eigenvalue weighted by Crippen LogP contribution is -2.49. The van der Waals surface area contributed by atoms with Crippen molar-refractivity contribution in [2.75, 3.05) is 113 Å². The van der Waals surface area contributed by atoms with Crippen molar-refractivity contribution >= 4 is 71.0 Å². The van der Waals surface area contributed by atoms with Crippen molar-refractivity contribution in [3.63, 3.8) is 0 Å². The monoisotopic (exact) mass is 1240 g/mol. The average molecular weight is 1240 g/mol. The molecule has 1 aromatic rings. The van der Waals surface area contributed by atoms with E-state index in [4.69, 9.17) is 15.0 Å². The molecular formula is C64H115N15O9. The fourth-order valence-corrected chi connectivity index (χ4v) is 9.42. The van der Waals surface area contributed by atoms with Crippen molar-refractivity contribution in [3.05, 3.63) is 12.2 Å². The van der Waals surface area contributed by atoms with Gasteiger partial charge in [-0.05, 0) is 94.5 Å². The van der Waals surface area contributed by atoms with Gasteiger partial charge in [-0.25, -0.2) is 0 Å². The summed E-state index contributed by atoms with van der Waals surface area (Å²) in [6, 6.07) is 0. The normalized spacial score (nSPS) is 12.5. The van der Waals surface area contributed by atoms with Crippen molar-refractivity contribution in [2.24, 2.45) is 10.8 Å². The van der Waals surface area contributed by atoms with E-state index < -0.39 is 0 Å². The van der Waals surface area contributed by atoms with Crippen LogP contribution in [-0.2, 0) is 43.2 Å². The summed E-state index contributed by atoms with van der Waals surface area (Å²) in [7, 11) is 0. The molecule has 2 rings (SSSR count). The fourth-order valence-electron chi connectivity index (χ4n) is 9.42. The van der Waals surface area contributed by atoms with Crippen LogP contribution in [0, 0.1) is 10.8 Å². The summed E-state index contributed by atoms with van der Waals surface area (Å²) >= 11 is 0. The molecule has 24 heteroatoms. The van der Waals surface area contributed by atoms with Gasteiger partial charge in [-0.2, -0.15) is 15.0 Å². The molecule has 2 heterocycles. The molecule has 1 fully saturated rings. The number of carbonyl (C=O) groups is 9. The zero-order valence-electron chi connectivity index (χ0n) is 55.3. The van der Waals surface area contributed by atoms with Gasteiger partial charge < -0.3 is 62.6 Å². The van der Waals surface area contributed by atoms with Gasteiger partial charge in [0.25, 0.3) is 0 Å². The number of unbranched alkanes of at least 4 members (excludes halogenated alkanes) is 7. The number of piperazine rings is 1. The summed E-state index contributed by atoms with van der Waals surface area (Å²) in [6.07, 6.45) is 19.5. The SMILES string of the molecule is C/C=C/C(=O)NCCCCCCNC(=O)CCCC(=O)N1CCN(c2nc(NCCC(=O)NCCCNC(=O)CCCCC(C)(C)C)nc(N(CCC(=O)NCCCNC(=O)CCCCC)CCC(=O)NCCCNC(=O)CCCCC(C)(C)C)n2)CC1. The second-order valence-corrected chi connectivity index (χ2v) is 25.4. The molecule has 0 aromatic carbocycles. The summed E-state index contributed by atoms with van der Waals surface area (Å²) < 4.78 is 0. The molecule has 9 amide bonds. The lowest BCUT2D eigenvalue weighted by Gasteiger charge is -2.35. The van der Waals surface area contributed by atoms with Crippen LogP contribution < -0.4 is 57.7 Å². The minimum atomic E-state index is -0.236. The summed E-state index contributed by atoms with van der Waals surface area (Å²) in [5, 5.41) is 26.6. The van der Waals surface area contributed by atoms with Gasteiger partial charge in [0.2, 0.25) is 71.0 Å². The Labute approximate surface area is 526 Å². The molecule has 0 spiro atoms. The van der Waals surface area contributed by atoms with Crippen molar-refractivity contribution < 1.29 is 43.2 Å². The standard InChI is InChI=1S/C64H115N15O9/c1-9-11-14-26-52(81)67-39-23-42-71-57(86)32-45-78(46-33-58(87)72-43-24-40-69-54(83)28-16-18-35-64(6,7)8)61-74-60(73-44-31-56(85)70-41-22-38-68-53(82)27-15-17-34-63(3,4)5)75-62(76-61)79-49-47-77(48-50-79)59(88)30-21-29-55(84)66-37-20-13-12-19-36-65-51(80)25-10-2/h10,25H,9,11-24,26-50H2,1-8H3,(H,65,80)(H,66,84)(H,67,81)(H,68,82)(H,69,83)(H,70,85)(H,71,86)(H,72,87)(H,73,74,75,76)/b25-10+. The molecule has 0 radical (unpaired) electrons. The Morgan fingerprint density at radius 2 is 0.841 bits per heavy atom.